The zero-order valence-corrected chi connectivity index (χ0v) is 17.5. The van der Waals surface area contributed by atoms with Crippen LogP contribution in [0.2, 0.25) is 5.02 Å². The number of hydrogen-bond donors (Lipinski definition) is 2. The van der Waals surface area contributed by atoms with E-state index < -0.39 is 15.9 Å². The number of hydrazine groups is 1. The number of nitrogens with zero attached hydrogens (tertiary/aromatic N) is 1. The second kappa shape index (κ2) is 9.47. The monoisotopic (exact) mass is 441 g/mol. The first-order valence-corrected chi connectivity index (χ1v) is 10.8. The average molecular weight is 442 g/mol. The van der Waals surface area contributed by atoms with E-state index in [1.807, 2.05) is 18.2 Å². The van der Waals surface area contributed by atoms with Crippen molar-refractivity contribution in [3.8, 4) is 0 Å². The number of carbonyl (C=O) groups excluding carboxylic acids is 1. The van der Waals surface area contributed by atoms with E-state index in [-0.39, 0.29) is 17.0 Å². The first-order valence-electron chi connectivity index (χ1n) is 9.03. The van der Waals surface area contributed by atoms with Crippen LogP contribution >= 0.6 is 11.6 Å². The number of para-hydroxylation sites is 2. The maximum atomic E-state index is 13.3. The van der Waals surface area contributed by atoms with Crippen LogP contribution in [-0.2, 0) is 10.0 Å². The van der Waals surface area contributed by atoms with Crippen LogP contribution in [0, 0.1) is 0 Å². The summed E-state index contributed by atoms with van der Waals surface area (Å²) in [5.74, 6) is -0.469. The van der Waals surface area contributed by atoms with Crippen molar-refractivity contribution >= 4 is 38.9 Å². The quantitative estimate of drug-likeness (QED) is 0.399. The third-order valence-electron chi connectivity index (χ3n) is 4.19. The predicted octanol–water partition coefficient (Wildman–Crippen LogP) is 4.48. The second-order valence-electron chi connectivity index (χ2n) is 6.25. The van der Waals surface area contributed by atoms with Gasteiger partial charge in [-0.15, -0.1) is 6.58 Å². The van der Waals surface area contributed by atoms with E-state index in [0.29, 0.717) is 16.4 Å². The lowest BCUT2D eigenvalue weighted by molar-refractivity contribution is 0.0962. The van der Waals surface area contributed by atoms with Gasteiger partial charge in [0.2, 0.25) is 0 Å². The highest BCUT2D eigenvalue weighted by Gasteiger charge is 2.26. The Labute approximate surface area is 180 Å². The Morgan fingerprint density at radius 3 is 2.40 bits per heavy atom. The van der Waals surface area contributed by atoms with E-state index in [9.17, 15) is 13.2 Å². The Bertz CT molecular complexity index is 1150. The van der Waals surface area contributed by atoms with E-state index in [1.54, 1.807) is 36.4 Å². The summed E-state index contributed by atoms with van der Waals surface area (Å²) in [6.45, 7) is 3.67. The highest BCUT2D eigenvalue weighted by atomic mass is 35.5. The molecule has 30 heavy (non-hydrogen) atoms. The van der Waals surface area contributed by atoms with Gasteiger partial charge < -0.3 is 0 Å². The Morgan fingerprint density at radius 1 is 1.00 bits per heavy atom. The number of amides is 1. The molecular weight excluding hydrogens is 422 g/mol. The fourth-order valence-electron chi connectivity index (χ4n) is 2.74. The van der Waals surface area contributed by atoms with Crippen LogP contribution in [0.3, 0.4) is 0 Å². The normalized spacial score (nSPS) is 10.8. The fraction of sp³-hybridized carbons (Fsp3) is 0.0455. The molecule has 2 N–H and O–H groups in total. The summed E-state index contributed by atoms with van der Waals surface area (Å²) in [6, 6.07) is 21.5. The lowest BCUT2D eigenvalue weighted by Gasteiger charge is -2.24. The van der Waals surface area contributed by atoms with Gasteiger partial charge in [0, 0.05) is 5.56 Å². The van der Waals surface area contributed by atoms with Gasteiger partial charge >= 0.3 is 0 Å². The second-order valence-corrected chi connectivity index (χ2v) is 8.52. The van der Waals surface area contributed by atoms with Gasteiger partial charge in [-0.05, 0) is 42.5 Å². The predicted molar refractivity (Wildman–Crippen MR) is 120 cm³/mol. The molecule has 0 bridgehead atoms. The highest BCUT2D eigenvalue weighted by molar-refractivity contribution is 7.92. The zero-order valence-electron chi connectivity index (χ0n) is 16.0. The Kier molecular flexibility index (Phi) is 6.76. The van der Waals surface area contributed by atoms with Gasteiger partial charge in [-0.3, -0.25) is 20.0 Å². The number of sulfonamides is 1. The summed E-state index contributed by atoms with van der Waals surface area (Å²) in [6.07, 6.45) is 1.47. The molecule has 6 nitrogen and oxygen atoms in total. The number of nitrogens with one attached hydrogen (secondary N) is 2. The third-order valence-corrected chi connectivity index (χ3v) is 6.29. The zero-order chi connectivity index (χ0) is 21.6. The summed E-state index contributed by atoms with van der Waals surface area (Å²) >= 11 is 6.22. The van der Waals surface area contributed by atoms with Gasteiger partial charge in [0.25, 0.3) is 15.9 Å². The number of rotatable bonds is 8. The molecule has 0 atom stereocenters. The van der Waals surface area contributed by atoms with Crippen LogP contribution < -0.4 is 15.2 Å². The first-order chi connectivity index (χ1) is 14.4. The molecule has 1 amide bonds. The van der Waals surface area contributed by atoms with Gasteiger partial charge in [-0.25, -0.2) is 8.42 Å². The van der Waals surface area contributed by atoms with Crippen molar-refractivity contribution in [2.75, 3.05) is 16.3 Å². The number of benzene rings is 3. The molecule has 3 aromatic rings. The summed E-state index contributed by atoms with van der Waals surface area (Å²) in [5, 5.41) is 0.295. The number of anilines is 2. The number of carbonyl (C=O) groups is 1. The van der Waals surface area contributed by atoms with Gasteiger partial charge in [0.1, 0.15) is 0 Å². The van der Waals surface area contributed by atoms with E-state index in [4.69, 9.17) is 11.6 Å². The summed E-state index contributed by atoms with van der Waals surface area (Å²) in [5.41, 5.74) is 6.57. The van der Waals surface area contributed by atoms with E-state index >= 15 is 0 Å². The molecule has 3 rings (SSSR count). The van der Waals surface area contributed by atoms with Crippen LogP contribution in [0.15, 0.2) is 96.4 Å². The maximum Gasteiger partial charge on any atom is 0.269 e. The maximum absolute atomic E-state index is 13.3. The molecule has 0 aliphatic heterocycles. The van der Waals surface area contributed by atoms with Gasteiger partial charge in [-0.1, -0.05) is 54.1 Å². The summed E-state index contributed by atoms with van der Waals surface area (Å²) < 4.78 is 27.8. The van der Waals surface area contributed by atoms with Crippen molar-refractivity contribution < 1.29 is 13.2 Å². The minimum atomic E-state index is -3.98. The average Bonchev–Trinajstić information content (AvgIpc) is 2.77. The Morgan fingerprint density at radius 2 is 1.70 bits per heavy atom. The van der Waals surface area contributed by atoms with Crippen molar-refractivity contribution in [1.82, 2.24) is 5.43 Å². The van der Waals surface area contributed by atoms with E-state index in [0.717, 1.165) is 4.31 Å². The molecule has 0 aromatic heterocycles. The van der Waals surface area contributed by atoms with Gasteiger partial charge in [0.15, 0.2) is 0 Å². The Hall–Kier alpha value is -3.29. The van der Waals surface area contributed by atoms with Crippen LogP contribution in [0.1, 0.15) is 10.4 Å². The first kappa shape index (κ1) is 21.4. The van der Waals surface area contributed by atoms with Crippen molar-refractivity contribution in [2.45, 2.75) is 4.90 Å². The van der Waals surface area contributed by atoms with Crippen molar-refractivity contribution in [1.29, 1.82) is 0 Å². The lowest BCUT2D eigenvalue weighted by atomic mass is 10.2. The highest BCUT2D eigenvalue weighted by Crippen LogP contribution is 2.30. The van der Waals surface area contributed by atoms with E-state index in [2.05, 4.69) is 17.4 Å². The molecule has 8 heteroatoms. The molecule has 3 aromatic carbocycles. The lowest BCUT2D eigenvalue weighted by Crippen LogP contribution is -2.32. The minimum absolute atomic E-state index is 0.0258. The van der Waals surface area contributed by atoms with Crippen molar-refractivity contribution in [2.24, 2.45) is 0 Å². The van der Waals surface area contributed by atoms with Crippen LogP contribution in [0.25, 0.3) is 0 Å². The molecular formula is C22H20ClN3O3S. The van der Waals surface area contributed by atoms with Crippen LogP contribution in [0.5, 0.6) is 0 Å². The van der Waals surface area contributed by atoms with Crippen LogP contribution in [0.4, 0.5) is 11.4 Å². The molecule has 0 spiro atoms. The molecule has 154 valence electrons. The molecule has 0 aliphatic rings. The van der Waals surface area contributed by atoms with Crippen LogP contribution in [-0.4, -0.2) is 20.9 Å². The molecule has 0 aliphatic carbocycles. The standard InChI is InChI=1S/C22H20ClN3O3S/c1-2-15-26(21-14-7-6-13-20(21)23)30(28,29)19-12-8-9-17(16-19)22(27)25-24-18-10-4-3-5-11-18/h2-14,16,24H,1,15H2,(H,25,27). The molecule has 0 saturated heterocycles. The summed E-state index contributed by atoms with van der Waals surface area (Å²) in [7, 11) is -3.98. The molecule has 0 saturated carbocycles. The van der Waals surface area contributed by atoms with Gasteiger partial charge in [-0.2, -0.15) is 0 Å². The minimum Gasteiger partial charge on any atom is -0.298 e. The summed E-state index contributed by atoms with van der Waals surface area (Å²) in [4.78, 5) is 12.5. The van der Waals surface area contributed by atoms with Crippen molar-refractivity contribution in [3.63, 3.8) is 0 Å². The van der Waals surface area contributed by atoms with Gasteiger partial charge in [0.05, 0.1) is 27.8 Å². The number of halogens is 1. The topological polar surface area (TPSA) is 78.5 Å². The molecule has 0 fully saturated rings. The SMILES string of the molecule is C=CCN(c1ccccc1Cl)S(=O)(=O)c1cccc(C(=O)NNc2ccccc2)c1. The molecule has 0 radical (unpaired) electrons. The smallest absolute Gasteiger partial charge is 0.269 e. The fourth-order valence-corrected chi connectivity index (χ4v) is 4.53. The number of hydrogen-bond acceptors (Lipinski definition) is 4. The molecule has 0 heterocycles. The molecule has 0 unspecified atom stereocenters. The Balaban J connectivity index is 1.88. The largest absolute Gasteiger partial charge is 0.298 e. The third kappa shape index (κ3) is 4.82. The van der Waals surface area contributed by atoms with E-state index in [1.165, 1.54) is 30.3 Å². The van der Waals surface area contributed by atoms with Crippen molar-refractivity contribution in [3.05, 3.63) is 102 Å².